The van der Waals surface area contributed by atoms with Crippen molar-refractivity contribution >= 4 is 11.8 Å². The summed E-state index contributed by atoms with van der Waals surface area (Å²) in [5.74, 6) is 1.24. The van der Waals surface area contributed by atoms with Gasteiger partial charge in [-0.1, -0.05) is 18.2 Å². The van der Waals surface area contributed by atoms with E-state index in [1.807, 2.05) is 11.8 Å². The summed E-state index contributed by atoms with van der Waals surface area (Å²) >= 11 is 1.87. The first kappa shape index (κ1) is 4.98. The summed E-state index contributed by atoms with van der Waals surface area (Å²) in [5, 5.41) is 2.13. The maximum absolute atomic E-state index is 2.19. The molecule has 0 nitrogen and oxygen atoms in total. The van der Waals surface area contributed by atoms with Gasteiger partial charge in [0.1, 0.15) is 0 Å². The van der Waals surface area contributed by atoms with E-state index in [0.717, 1.165) is 0 Å². The van der Waals surface area contributed by atoms with Crippen molar-refractivity contribution in [3.8, 4) is 0 Å². The Labute approximate surface area is 48.3 Å². The van der Waals surface area contributed by atoms with E-state index < -0.39 is 0 Å². The molecule has 1 rings (SSSR count). The van der Waals surface area contributed by atoms with E-state index in [1.165, 1.54) is 12.2 Å². The van der Waals surface area contributed by atoms with Crippen LogP contribution in [-0.4, -0.2) is 5.75 Å². The highest BCUT2D eigenvalue weighted by atomic mass is 32.2. The molecule has 0 aromatic rings. The van der Waals surface area contributed by atoms with Gasteiger partial charge in [-0.05, 0) is 11.8 Å². The number of allylic oxidation sites excluding steroid dienone is 3. The average molecular weight is 112 g/mol. The van der Waals surface area contributed by atoms with Gasteiger partial charge in [0.05, 0.1) is 0 Å². The molecule has 7 heavy (non-hydrogen) atoms. The van der Waals surface area contributed by atoms with Gasteiger partial charge in [-0.2, -0.15) is 0 Å². The Bertz CT molecular complexity index is 80.4. The molecule has 0 spiro atoms. The molecule has 1 aliphatic rings. The van der Waals surface area contributed by atoms with Crippen molar-refractivity contribution in [2.24, 2.45) is 0 Å². The van der Waals surface area contributed by atoms with Crippen molar-refractivity contribution in [2.45, 2.75) is 6.42 Å². The van der Waals surface area contributed by atoms with Gasteiger partial charge < -0.3 is 0 Å². The third-order valence-corrected chi connectivity index (χ3v) is 1.65. The van der Waals surface area contributed by atoms with E-state index in [-0.39, 0.29) is 0 Å². The maximum atomic E-state index is 2.19. The van der Waals surface area contributed by atoms with Crippen molar-refractivity contribution < 1.29 is 0 Å². The minimum atomic E-state index is 1.22. The van der Waals surface area contributed by atoms with Crippen LogP contribution in [0.3, 0.4) is 0 Å². The number of rotatable bonds is 0. The molecule has 1 heterocycles. The van der Waals surface area contributed by atoms with Crippen LogP contribution in [0.5, 0.6) is 0 Å². The van der Waals surface area contributed by atoms with Crippen LogP contribution in [0, 0.1) is 0 Å². The van der Waals surface area contributed by atoms with Gasteiger partial charge >= 0.3 is 0 Å². The first-order valence-corrected chi connectivity index (χ1v) is 3.48. The molecule has 0 bridgehead atoms. The monoisotopic (exact) mass is 112 g/mol. The Balaban J connectivity index is 2.39. The molecule has 0 aromatic heterocycles. The third kappa shape index (κ3) is 1.83. The van der Waals surface area contributed by atoms with E-state index in [2.05, 4.69) is 23.6 Å². The van der Waals surface area contributed by atoms with Gasteiger partial charge in [0.2, 0.25) is 0 Å². The van der Waals surface area contributed by atoms with Crippen molar-refractivity contribution in [3.05, 3.63) is 23.6 Å². The summed E-state index contributed by atoms with van der Waals surface area (Å²) in [6, 6.07) is 0. The molecule has 1 heteroatoms. The lowest BCUT2D eigenvalue weighted by atomic mass is 10.4. The molecule has 0 unspecified atom stereocenters. The first-order chi connectivity index (χ1) is 3.50. The standard InChI is InChI=1S/C6H8S/c1-2-4-6-7-5-3-1/h1-3,5H,4,6H2. The van der Waals surface area contributed by atoms with Crippen LogP contribution in [0.4, 0.5) is 0 Å². The van der Waals surface area contributed by atoms with Crippen molar-refractivity contribution in [3.63, 3.8) is 0 Å². The molecule has 1 aliphatic heterocycles. The van der Waals surface area contributed by atoms with Gasteiger partial charge in [0.25, 0.3) is 0 Å². The molecule has 0 aromatic carbocycles. The summed E-state index contributed by atoms with van der Waals surface area (Å²) in [5.41, 5.74) is 0. The number of thioether (sulfide) groups is 1. The Hall–Kier alpha value is -0.170. The van der Waals surface area contributed by atoms with Crippen molar-refractivity contribution in [2.75, 3.05) is 5.75 Å². The summed E-state index contributed by atoms with van der Waals surface area (Å²) in [6.07, 6.45) is 7.59. The van der Waals surface area contributed by atoms with Crippen LogP contribution < -0.4 is 0 Å². The normalized spacial score (nSPS) is 19.4. The molecule has 0 fully saturated rings. The minimum Gasteiger partial charge on any atom is -0.134 e. The van der Waals surface area contributed by atoms with Gasteiger partial charge in [0.15, 0.2) is 0 Å². The van der Waals surface area contributed by atoms with Crippen molar-refractivity contribution in [1.29, 1.82) is 0 Å². The second-order valence-corrected chi connectivity index (χ2v) is 2.43. The van der Waals surface area contributed by atoms with E-state index in [9.17, 15) is 0 Å². The topological polar surface area (TPSA) is 0 Å². The second kappa shape index (κ2) is 2.92. The number of hydrogen-bond acceptors (Lipinski definition) is 1. The molecule has 38 valence electrons. The number of hydrogen-bond donors (Lipinski definition) is 0. The molecular formula is C6H8S. The molecular weight excluding hydrogens is 104 g/mol. The Morgan fingerprint density at radius 2 is 2.29 bits per heavy atom. The first-order valence-electron chi connectivity index (χ1n) is 2.43. The fraction of sp³-hybridized carbons (Fsp3) is 0.333. The predicted molar refractivity (Wildman–Crippen MR) is 35.4 cm³/mol. The van der Waals surface area contributed by atoms with Crippen LogP contribution in [-0.2, 0) is 0 Å². The Morgan fingerprint density at radius 1 is 1.29 bits per heavy atom. The lowest BCUT2D eigenvalue weighted by Crippen LogP contribution is -1.65. The zero-order valence-electron chi connectivity index (χ0n) is 4.13. The summed E-state index contributed by atoms with van der Waals surface area (Å²) in [7, 11) is 0. The highest BCUT2D eigenvalue weighted by Crippen LogP contribution is 2.07. The van der Waals surface area contributed by atoms with E-state index in [0.29, 0.717) is 0 Å². The summed E-state index contributed by atoms with van der Waals surface area (Å²) in [6.45, 7) is 0. The quantitative estimate of drug-likeness (QED) is 0.463. The van der Waals surface area contributed by atoms with Crippen molar-refractivity contribution in [1.82, 2.24) is 0 Å². The molecule has 0 saturated carbocycles. The SMILES string of the molecule is C1=CCCSC=C1. The maximum Gasteiger partial charge on any atom is 0.000876 e. The summed E-state index contributed by atoms with van der Waals surface area (Å²) in [4.78, 5) is 0. The molecule has 0 amide bonds. The summed E-state index contributed by atoms with van der Waals surface area (Å²) < 4.78 is 0. The fourth-order valence-electron chi connectivity index (χ4n) is 0.480. The van der Waals surface area contributed by atoms with Gasteiger partial charge in [-0.25, -0.2) is 0 Å². The van der Waals surface area contributed by atoms with Crippen LogP contribution in [0.2, 0.25) is 0 Å². The molecule has 0 atom stereocenters. The van der Waals surface area contributed by atoms with Crippen LogP contribution in [0.1, 0.15) is 6.42 Å². The average Bonchev–Trinajstić information content (AvgIpc) is 1.90. The lowest BCUT2D eigenvalue weighted by Gasteiger charge is -1.82. The largest absolute Gasteiger partial charge is 0.134 e. The molecule has 0 aliphatic carbocycles. The molecule has 0 saturated heterocycles. The van der Waals surface area contributed by atoms with E-state index >= 15 is 0 Å². The fourth-order valence-corrected chi connectivity index (χ4v) is 1.09. The zero-order valence-corrected chi connectivity index (χ0v) is 4.95. The lowest BCUT2D eigenvalue weighted by molar-refractivity contribution is 1.25. The minimum absolute atomic E-state index is 1.22. The molecule has 0 radical (unpaired) electrons. The van der Waals surface area contributed by atoms with E-state index in [4.69, 9.17) is 0 Å². The molecule has 0 N–H and O–H groups in total. The van der Waals surface area contributed by atoms with Gasteiger partial charge in [0, 0.05) is 5.75 Å². The Morgan fingerprint density at radius 3 is 3.29 bits per heavy atom. The smallest absolute Gasteiger partial charge is 0.000876 e. The highest BCUT2D eigenvalue weighted by Gasteiger charge is 1.81. The van der Waals surface area contributed by atoms with Gasteiger partial charge in [-0.3, -0.25) is 0 Å². The third-order valence-electron chi connectivity index (χ3n) is 0.824. The Kier molecular flexibility index (Phi) is 2.07. The van der Waals surface area contributed by atoms with Gasteiger partial charge in [-0.15, -0.1) is 11.8 Å². The van der Waals surface area contributed by atoms with Crippen LogP contribution in [0.25, 0.3) is 0 Å². The van der Waals surface area contributed by atoms with Crippen LogP contribution >= 0.6 is 11.8 Å². The van der Waals surface area contributed by atoms with Crippen LogP contribution in [0.15, 0.2) is 23.6 Å². The van der Waals surface area contributed by atoms with E-state index in [1.54, 1.807) is 0 Å². The predicted octanol–water partition coefficient (Wildman–Crippen LogP) is 2.19. The second-order valence-electron chi connectivity index (χ2n) is 1.42. The zero-order chi connectivity index (χ0) is 4.95. The highest BCUT2D eigenvalue weighted by molar-refractivity contribution is 8.02.